The van der Waals surface area contributed by atoms with E-state index in [-0.39, 0.29) is 17.7 Å². The maximum atomic E-state index is 11.9. The van der Waals surface area contributed by atoms with Gasteiger partial charge in [0.25, 0.3) is 0 Å². The molecule has 0 spiro atoms. The first-order valence-corrected chi connectivity index (χ1v) is 11.4. The molecule has 3 nitrogen and oxygen atoms in total. The molecule has 1 heterocycles. The molecule has 150 valence electrons. The quantitative estimate of drug-likeness (QED) is 0.519. The fourth-order valence-corrected chi connectivity index (χ4v) is 8.60. The van der Waals surface area contributed by atoms with Gasteiger partial charge in [-0.1, -0.05) is 25.5 Å². The van der Waals surface area contributed by atoms with Crippen LogP contribution in [0.25, 0.3) is 0 Å². The highest BCUT2D eigenvalue weighted by molar-refractivity contribution is 5.72. The molecule has 0 bridgehead atoms. The Morgan fingerprint density at radius 1 is 1.04 bits per heavy atom. The summed E-state index contributed by atoms with van der Waals surface area (Å²) in [5.74, 6) is 2.85. The van der Waals surface area contributed by atoms with Gasteiger partial charge >= 0.3 is 5.97 Å². The molecule has 0 aromatic rings. The van der Waals surface area contributed by atoms with Gasteiger partial charge in [-0.15, -0.1) is 0 Å². The largest absolute Gasteiger partial charge is 0.459 e. The Kier molecular flexibility index (Phi) is 3.94. The summed E-state index contributed by atoms with van der Waals surface area (Å²) < 4.78 is 5.92. The monoisotopic (exact) mass is 372 g/mol. The van der Waals surface area contributed by atoms with Gasteiger partial charge < -0.3 is 9.84 Å². The van der Waals surface area contributed by atoms with E-state index < -0.39 is 0 Å². The molecule has 3 saturated carbocycles. The summed E-state index contributed by atoms with van der Waals surface area (Å²) in [6.45, 7) is 7.23. The normalized spacial score (nSPS) is 54.6. The lowest BCUT2D eigenvalue weighted by Gasteiger charge is -2.58. The molecule has 0 amide bonds. The van der Waals surface area contributed by atoms with E-state index in [1.165, 1.54) is 32.1 Å². The van der Waals surface area contributed by atoms with Crippen molar-refractivity contribution in [3.63, 3.8) is 0 Å². The Morgan fingerprint density at radius 3 is 2.59 bits per heavy atom. The van der Waals surface area contributed by atoms with E-state index in [0.717, 1.165) is 43.4 Å². The van der Waals surface area contributed by atoms with E-state index in [0.29, 0.717) is 23.2 Å². The van der Waals surface area contributed by atoms with Crippen LogP contribution in [0.5, 0.6) is 0 Å². The number of hydrogen-bond donors (Lipinski definition) is 1. The second kappa shape index (κ2) is 5.84. The molecule has 1 aliphatic heterocycles. The van der Waals surface area contributed by atoms with Crippen LogP contribution in [-0.2, 0) is 9.53 Å². The van der Waals surface area contributed by atoms with Gasteiger partial charge in [-0.2, -0.15) is 0 Å². The molecule has 0 aromatic carbocycles. The van der Waals surface area contributed by atoms with Crippen LogP contribution in [-0.4, -0.2) is 22.8 Å². The molecule has 3 heteroatoms. The summed E-state index contributed by atoms with van der Waals surface area (Å²) in [6.07, 6.45) is 13.2. The molecular formula is C24H36O3. The maximum absolute atomic E-state index is 11.9. The molecule has 27 heavy (non-hydrogen) atoms. The summed E-state index contributed by atoms with van der Waals surface area (Å²) in [6, 6.07) is 0. The Bertz CT molecular complexity index is 683. The number of fused-ring (bicyclic) bond motifs is 5. The molecule has 0 unspecified atom stereocenters. The van der Waals surface area contributed by atoms with Crippen molar-refractivity contribution >= 4 is 5.97 Å². The molecular weight excluding hydrogens is 336 g/mol. The second-order valence-electron chi connectivity index (χ2n) is 11.1. The average molecular weight is 373 g/mol. The number of aliphatic hydroxyl groups is 1. The second-order valence-corrected chi connectivity index (χ2v) is 11.1. The summed E-state index contributed by atoms with van der Waals surface area (Å²) in [4.78, 5) is 11.9. The number of cyclic esters (lactones) is 1. The zero-order valence-electron chi connectivity index (χ0n) is 17.3. The lowest BCUT2D eigenvalue weighted by atomic mass is 9.46. The fourth-order valence-electron chi connectivity index (χ4n) is 8.60. The van der Waals surface area contributed by atoms with Crippen molar-refractivity contribution in [2.45, 2.75) is 96.7 Å². The number of allylic oxidation sites excluding steroid dienone is 1. The number of carbonyl (C=O) groups is 1. The van der Waals surface area contributed by atoms with Crippen molar-refractivity contribution in [1.29, 1.82) is 0 Å². The van der Waals surface area contributed by atoms with E-state index in [1.807, 2.05) is 0 Å². The Morgan fingerprint density at radius 2 is 1.85 bits per heavy atom. The van der Waals surface area contributed by atoms with Crippen molar-refractivity contribution in [2.75, 3.05) is 0 Å². The van der Waals surface area contributed by atoms with Crippen LogP contribution in [0.4, 0.5) is 0 Å². The summed E-state index contributed by atoms with van der Waals surface area (Å²) >= 11 is 0. The third-order valence-electron chi connectivity index (χ3n) is 9.99. The number of hydrogen-bond acceptors (Lipinski definition) is 3. The van der Waals surface area contributed by atoms with E-state index >= 15 is 0 Å². The van der Waals surface area contributed by atoms with Crippen LogP contribution in [0.3, 0.4) is 0 Å². The predicted octanol–water partition coefficient (Wildman–Crippen LogP) is 5.02. The van der Waals surface area contributed by atoms with Crippen LogP contribution < -0.4 is 0 Å². The third-order valence-corrected chi connectivity index (χ3v) is 9.99. The maximum Gasteiger partial charge on any atom is 0.306 e. The first-order chi connectivity index (χ1) is 12.8. The molecule has 8 atom stereocenters. The highest BCUT2D eigenvalue weighted by Gasteiger charge is 2.62. The molecule has 4 fully saturated rings. The lowest BCUT2D eigenvalue weighted by Crippen LogP contribution is -2.53. The highest BCUT2D eigenvalue weighted by Crippen LogP contribution is 2.68. The van der Waals surface area contributed by atoms with Gasteiger partial charge in [0.15, 0.2) is 0 Å². The molecule has 0 aromatic heterocycles. The SMILES string of the molecule is C[C@]12CC[C@@H]3[C@@H](CC=C4C[C@@H](O)CC[C@@]43C)[C@H]1CC[C@H]2[C@@]1(C)CCC(=O)O1. The number of aliphatic hydroxyl groups excluding tert-OH is 1. The standard InChI is InChI=1S/C24H36O3/c1-22-11-8-16(25)14-15(22)4-5-17-18-6-7-20(23(18,2)12-9-19(17)22)24(3)13-10-21(26)27-24/h4,16-20,25H,5-14H2,1-3H3/t16-,17-,18+,19+,20+,22-,23-,24+/m0/s1. The van der Waals surface area contributed by atoms with E-state index in [2.05, 4.69) is 26.8 Å². The average Bonchev–Trinajstić information content (AvgIpc) is 3.15. The zero-order chi connectivity index (χ0) is 19.0. The van der Waals surface area contributed by atoms with E-state index in [4.69, 9.17) is 4.74 Å². The molecule has 4 aliphatic carbocycles. The number of rotatable bonds is 1. The first-order valence-electron chi connectivity index (χ1n) is 11.4. The van der Waals surface area contributed by atoms with Crippen LogP contribution in [0.1, 0.15) is 85.0 Å². The van der Waals surface area contributed by atoms with Gasteiger partial charge in [-0.3, -0.25) is 4.79 Å². The fraction of sp³-hybridized carbons (Fsp3) is 0.875. The number of ether oxygens (including phenoxy) is 1. The van der Waals surface area contributed by atoms with Crippen LogP contribution in [0, 0.1) is 34.5 Å². The smallest absolute Gasteiger partial charge is 0.306 e. The van der Waals surface area contributed by atoms with Crippen molar-refractivity contribution < 1.29 is 14.6 Å². The molecule has 5 aliphatic rings. The van der Waals surface area contributed by atoms with Gasteiger partial charge in [-0.05, 0) is 93.3 Å². The van der Waals surface area contributed by atoms with Gasteiger partial charge in [0.1, 0.15) is 5.60 Å². The minimum atomic E-state index is -0.234. The van der Waals surface area contributed by atoms with Gasteiger partial charge in [0.05, 0.1) is 6.10 Å². The Hall–Kier alpha value is -0.830. The Labute approximate surface area is 163 Å². The first kappa shape index (κ1) is 18.2. The van der Waals surface area contributed by atoms with Crippen molar-refractivity contribution in [3.05, 3.63) is 11.6 Å². The number of carbonyl (C=O) groups excluding carboxylic acids is 1. The van der Waals surface area contributed by atoms with Crippen LogP contribution in [0.2, 0.25) is 0 Å². The summed E-state index contributed by atoms with van der Waals surface area (Å²) in [5.41, 5.74) is 1.95. The summed E-state index contributed by atoms with van der Waals surface area (Å²) in [7, 11) is 0. The summed E-state index contributed by atoms with van der Waals surface area (Å²) in [5, 5.41) is 10.2. The minimum absolute atomic E-state index is 0.0109. The molecule has 1 saturated heterocycles. The van der Waals surface area contributed by atoms with Crippen molar-refractivity contribution in [2.24, 2.45) is 34.5 Å². The van der Waals surface area contributed by atoms with Gasteiger partial charge in [-0.25, -0.2) is 0 Å². The third kappa shape index (κ3) is 2.46. The minimum Gasteiger partial charge on any atom is -0.459 e. The highest BCUT2D eigenvalue weighted by atomic mass is 16.6. The molecule has 0 radical (unpaired) electrons. The predicted molar refractivity (Wildman–Crippen MR) is 105 cm³/mol. The Balaban J connectivity index is 1.44. The topological polar surface area (TPSA) is 46.5 Å². The van der Waals surface area contributed by atoms with E-state index in [1.54, 1.807) is 5.57 Å². The zero-order valence-corrected chi connectivity index (χ0v) is 17.3. The van der Waals surface area contributed by atoms with Gasteiger partial charge in [0, 0.05) is 12.3 Å². The molecule has 5 rings (SSSR count). The van der Waals surface area contributed by atoms with Crippen LogP contribution in [0.15, 0.2) is 11.6 Å². The van der Waals surface area contributed by atoms with E-state index in [9.17, 15) is 9.90 Å². The van der Waals surface area contributed by atoms with Crippen LogP contribution >= 0.6 is 0 Å². The van der Waals surface area contributed by atoms with Crippen molar-refractivity contribution in [3.8, 4) is 0 Å². The number of esters is 1. The van der Waals surface area contributed by atoms with Gasteiger partial charge in [0.2, 0.25) is 0 Å². The lowest BCUT2D eigenvalue weighted by molar-refractivity contribution is -0.158. The van der Waals surface area contributed by atoms with Crippen molar-refractivity contribution in [1.82, 2.24) is 0 Å². The molecule has 1 N–H and O–H groups in total.